The van der Waals surface area contributed by atoms with Gasteiger partial charge in [0.2, 0.25) is 0 Å². The van der Waals surface area contributed by atoms with Gasteiger partial charge in [0.25, 0.3) is 0 Å². The minimum absolute atomic E-state index is 0.167. The van der Waals surface area contributed by atoms with Gasteiger partial charge in [-0.3, -0.25) is 9.59 Å². The molecule has 0 saturated heterocycles. The quantitative estimate of drug-likeness (QED) is 0.445. The van der Waals surface area contributed by atoms with Crippen LogP contribution >= 0.6 is 0 Å². The van der Waals surface area contributed by atoms with Crippen LogP contribution in [0.5, 0.6) is 0 Å². The van der Waals surface area contributed by atoms with Gasteiger partial charge in [0.1, 0.15) is 12.6 Å². The minimum Gasteiger partial charge on any atom is -0.481 e. The molecule has 0 radical (unpaired) electrons. The van der Waals surface area contributed by atoms with E-state index in [2.05, 4.69) is 13.8 Å². The summed E-state index contributed by atoms with van der Waals surface area (Å²) in [5.41, 5.74) is 0. The van der Waals surface area contributed by atoms with E-state index >= 15 is 0 Å². The van der Waals surface area contributed by atoms with Crippen molar-refractivity contribution in [1.29, 1.82) is 0 Å². The van der Waals surface area contributed by atoms with Gasteiger partial charge in [0.05, 0.1) is 26.1 Å². The second-order valence-electron chi connectivity index (χ2n) is 5.97. The van der Waals surface area contributed by atoms with Crippen LogP contribution in [0.1, 0.15) is 59.8 Å². The van der Waals surface area contributed by atoms with Crippen molar-refractivity contribution in [3.05, 3.63) is 0 Å². The summed E-state index contributed by atoms with van der Waals surface area (Å²) in [5.74, 6) is -1.03. The number of esters is 1. The molecule has 0 aromatic carbocycles. The van der Waals surface area contributed by atoms with Crippen molar-refractivity contribution in [3.8, 4) is 0 Å². The molecule has 1 atom stereocenters. The van der Waals surface area contributed by atoms with E-state index < -0.39 is 5.97 Å². The molecule has 0 aliphatic heterocycles. The number of nitrogens with zero attached hydrogens (tertiary/aromatic N) is 1. The smallest absolute Gasteiger partial charge is 0.309 e. The van der Waals surface area contributed by atoms with Gasteiger partial charge in [-0.05, 0) is 19.8 Å². The number of aliphatic carboxylic acids is 1. The van der Waals surface area contributed by atoms with Crippen LogP contribution in [0.15, 0.2) is 0 Å². The second kappa shape index (κ2) is 10.6. The third-order valence-corrected chi connectivity index (χ3v) is 3.78. The average molecular weight is 302 g/mol. The molecule has 0 saturated carbocycles. The van der Waals surface area contributed by atoms with Crippen LogP contribution in [0.4, 0.5) is 0 Å². The number of hydrogen-bond acceptors (Lipinski definition) is 3. The molecule has 0 rings (SSSR count). The molecule has 0 aliphatic rings. The van der Waals surface area contributed by atoms with E-state index in [1.165, 1.54) is 6.92 Å². The fourth-order valence-electron chi connectivity index (χ4n) is 2.80. The number of carbonyl (C=O) groups excluding carboxylic acids is 1. The summed E-state index contributed by atoms with van der Waals surface area (Å²) < 4.78 is 6.01. The Hall–Kier alpha value is -1.10. The summed E-state index contributed by atoms with van der Waals surface area (Å²) in [4.78, 5) is 22.1. The molecule has 0 heterocycles. The molecule has 21 heavy (non-hydrogen) atoms. The first-order valence-electron chi connectivity index (χ1n) is 8.09. The topological polar surface area (TPSA) is 63.6 Å². The lowest BCUT2D eigenvalue weighted by Gasteiger charge is -2.40. The standard InChI is InChI=1S/C16H31NO4/c1-5-7-10-17(11-8-6-2,12-9-16(19)20)13-14(3)21-15(4)18/h14H,5-13H2,1-4H3/p+1. The maximum Gasteiger partial charge on any atom is 0.309 e. The molecule has 0 bridgehead atoms. The van der Waals surface area contributed by atoms with E-state index in [9.17, 15) is 9.59 Å². The molecule has 1 N–H and O–H groups in total. The average Bonchev–Trinajstić information content (AvgIpc) is 2.39. The van der Waals surface area contributed by atoms with Gasteiger partial charge < -0.3 is 14.3 Å². The van der Waals surface area contributed by atoms with Gasteiger partial charge in [-0.15, -0.1) is 0 Å². The van der Waals surface area contributed by atoms with Crippen LogP contribution in [0.2, 0.25) is 0 Å². The van der Waals surface area contributed by atoms with E-state index in [0.29, 0.717) is 13.1 Å². The molecular weight excluding hydrogens is 270 g/mol. The number of hydrogen-bond donors (Lipinski definition) is 1. The van der Waals surface area contributed by atoms with Crippen molar-refractivity contribution in [3.63, 3.8) is 0 Å². The molecule has 0 aliphatic carbocycles. The first kappa shape index (κ1) is 19.9. The molecule has 0 fully saturated rings. The third kappa shape index (κ3) is 9.45. The molecule has 5 heteroatoms. The first-order chi connectivity index (χ1) is 9.85. The molecule has 0 aromatic rings. The van der Waals surface area contributed by atoms with Crippen LogP contribution in [-0.2, 0) is 14.3 Å². The van der Waals surface area contributed by atoms with Crippen LogP contribution < -0.4 is 0 Å². The molecule has 1 unspecified atom stereocenters. The number of rotatable bonds is 12. The van der Waals surface area contributed by atoms with E-state index in [1.54, 1.807) is 0 Å². The fraction of sp³-hybridized carbons (Fsp3) is 0.875. The summed E-state index contributed by atoms with van der Waals surface area (Å²) in [6.45, 7) is 10.8. The Morgan fingerprint density at radius 1 is 1.10 bits per heavy atom. The Morgan fingerprint density at radius 3 is 2.00 bits per heavy atom. The van der Waals surface area contributed by atoms with Crippen molar-refractivity contribution >= 4 is 11.9 Å². The SMILES string of the molecule is CCCC[N+](CCCC)(CCC(=O)O)CC(C)OC(C)=O. The summed E-state index contributed by atoms with van der Waals surface area (Å²) in [6.07, 6.45) is 4.29. The summed E-state index contributed by atoms with van der Waals surface area (Å²) in [7, 11) is 0. The normalized spacial score (nSPS) is 13.0. The number of carboxylic acid groups (broad SMARTS) is 1. The highest BCUT2D eigenvalue weighted by Gasteiger charge is 2.30. The lowest BCUT2D eigenvalue weighted by Crippen LogP contribution is -2.54. The fourth-order valence-corrected chi connectivity index (χ4v) is 2.80. The van der Waals surface area contributed by atoms with Gasteiger partial charge in [0, 0.05) is 6.92 Å². The molecule has 124 valence electrons. The Bertz CT molecular complexity index is 309. The highest BCUT2D eigenvalue weighted by atomic mass is 16.5. The Morgan fingerprint density at radius 2 is 1.62 bits per heavy atom. The highest BCUT2D eigenvalue weighted by Crippen LogP contribution is 2.16. The first-order valence-corrected chi connectivity index (χ1v) is 8.09. The number of quaternary nitrogens is 1. The van der Waals surface area contributed by atoms with E-state index in [4.69, 9.17) is 9.84 Å². The monoisotopic (exact) mass is 302 g/mol. The van der Waals surface area contributed by atoms with Crippen LogP contribution in [0.25, 0.3) is 0 Å². The van der Waals surface area contributed by atoms with Gasteiger partial charge in [-0.25, -0.2) is 0 Å². The van der Waals surface area contributed by atoms with Crippen molar-refractivity contribution in [2.45, 2.75) is 65.9 Å². The summed E-state index contributed by atoms with van der Waals surface area (Å²) in [6, 6.07) is 0. The molecular formula is C16H32NO4+. The second-order valence-corrected chi connectivity index (χ2v) is 5.97. The zero-order valence-corrected chi connectivity index (χ0v) is 14.1. The maximum atomic E-state index is 11.1. The third-order valence-electron chi connectivity index (χ3n) is 3.78. The Balaban J connectivity index is 4.92. The van der Waals surface area contributed by atoms with Crippen molar-refractivity contribution in [2.24, 2.45) is 0 Å². The predicted octanol–water partition coefficient (Wildman–Crippen LogP) is 2.83. The zero-order valence-electron chi connectivity index (χ0n) is 14.1. The number of ether oxygens (including phenoxy) is 1. The van der Waals surface area contributed by atoms with Gasteiger partial charge >= 0.3 is 11.9 Å². The van der Waals surface area contributed by atoms with E-state index in [1.807, 2.05) is 6.92 Å². The predicted molar refractivity (Wildman–Crippen MR) is 83.0 cm³/mol. The largest absolute Gasteiger partial charge is 0.481 e. The van der Waals surface area contributed by atoms with Crippen LogP contribution in [-0.4, -0.2) is 53.8 Å². The molecule has 0 aromatic heterocycles. The number of carboxylic acids is 1. The Kier molecular flexibility index (Phi) is 10.0. The lowest BCUT2D eigenvalue weighted by atomic mass is 10.1. The van der Waals surface area contributed by atoms with E-state index in [-0.39, 0.29) is 18.5 Å². The number of carbonyl (C=O) groups is 2. The summed E-state index contributed by atoms with van der Waals surface area (Å²) >= 11 is 0. The van der Waals surface area contributed by atoms with Crippen LogP contribution in [0.3, 0.4) is 0 Å². The number of unbranched alkanes of at least 4 members (excludes halogenated alkanes) is 2. The summed E-state index contributed by atoms with van der Waals surface area (Å²) in [5, 5.41) is 9.01. The van der Waals surface area contributed by atoms with Gasteiger partial charge in [0.15, 0.2) is 0 Å². The molecule has 5 nitrogen and oxygen atoms in total. The van der Waals surface area contributed by atoms with Crippen molar-refractivity contribution in [1.82, 2.24) is 0 Å². The Labute approximate surface area is 128 Å². The zero-order chi connectivity index (χ0) is 16.3. The van der Waals surface area contributed by atoms with Crippen molar-refractivity contribution < 1.29 is 23.9 Å². The van der Waals surface area contributed by atoms with Crippen molar-refractivity contribution in [2.75, 3.05) is 26.2 Å². The lowest BCUT2D eigenvalue weighted by molar-refractivity contribution is -0.930. The minimum atomic E-state index is -0.759. The van der Waals surface area contributed by atoms with E-state index in [0.717, 1.165) is 43.3 Å². The maximum absolute atomic E-state index is 11.1. The highest BCUT2D eigenvalue weighted by molar-refractivity contribution is 5.66. The van der Waals surface area contributed by atoms with Crippen LogP contribution in [0, 0.1) is 0 Å². The van der Waals surface area contributed by atoms with Gasteiger partial charge in [-0.1, -0.05) is 26.7 Å². The van der Waals surface area contributed by atoms with Gasteiger partial charge in [-0.2, -0.15) is 0 Å². The molecule has 0 spiro atoms. The molecule has 0 amide bonds.